The molecular weight excluding hydrogens is 414 g/mol. The van der Waals surface area contributed by atoms with Crippen LogP contribution in [-0.2, 0) is 4.74 Å². The van der Waals surface area contributed by atoms with E-state index in [1.165, 1.54) is 28.7 Å². The lowest BCUT2D eigenvalue weighted by Crippen LogP contribution is -2.61. The monoisotopic (exact) mass is 440 g/mol. The Morgan fingerprint density at radius 2 is 1.69 bits per heavy atom. The topological polar surface area (TPSA) is 58.5 Å². The smallest absolute Gasteiger partial charge is 0.246 e. The SMILES string of the molecule is Cc1cc(N2CC(N3CCOCC3)C2)cc(Nc2ncn(-c3cc(F)cc(F)c3)n2)c1C. The van der Waals surface area contributed by atoms with E-state index < -0.39 is 11.6 Å². The number of aromatic nitrogens is 3. The number of hydrogen-bond donors (Lipinski definition) is 1. The molecule has 3 heterocycles. The quantitative estimate of drug-likeness (QED) is 0.656. The molecule has 1 N–H and O–H groups in total. The second kappa shape index (κ2) is 8.48. The van der Waals surface area contributed by atoms with Crippen LogP contribution in [0.5, 0.6) is 0 Å². The van der Waals surface area contributed by atoms with Crippen LogP contribution < -0.4 is 10.2 Å². The molecule has 1 aromatic heterocycles. The third kappa shape index (κ3) is 4.18. The minimum Gasteiger partial charge on any atom is -0.379 e. The molecule has 0 bridgehead atoms. The van der Waals surface area contributed by atoms with Gasteiger partial charge in [0.1, 0.15) is 18.0 Å². The standard InChI is InChI=1S/C23H26F2N6O/c1-15-7-19(30-12-21(13-30)29-3-5-32-6-4-29)11-22(16(15)2)27-23-26-14-31(28-23)20-9-17(24)8-18(25)10-20/h7-11,14,21H,3-6,12-13H2,1-2H3,(H,27,28). The fourth-order valence-electron chi connectivity index (χ4n) is 4.23. The number of nitrogens with zero attached hydrogens (tertiary/aromatic N) is 5. The zero-order valence-electron chi connectivity index (χ0n) is 18.2. The van der Waals surface area contributed by atoms with Crippen molar-refractivity contribution in [3.8, 4) is 5.69 Å². The van der Waals surface area contributed by atoms with Gasteiger partial charge in [-0.25, -0.2) is 13.5 Å². The second-order valence-corrected chi connectivity index (χ2v) is 8.41. The fraction of sp³-hybridized carbons (Fsp3) is 0.391. The number of ether oxygens (including phenoxy) is 1. The summed E-state index contributed by atoms with van der Waals surface area (Å²) >= 11 is 0. The van der Waals surface area contributed by atoms with E-state index in [1.807, 2.05) is 6.92 Å². The summed E-state index contributed by atoms with van der Waals surface area (Å²) in [7, 11) is 0. The number of rotatable bonds is 5. The van der Waals surface area contributed by atoms with Gasteiger partial charge in [-0.3, -0.25) is 4.90 Å². The molecule has 0 spiro atoms. The fourth-order valence-corrected chi connectivity index (χ4v) is 4.23. The normalized spacial score (nSPS) is 17.4. The Kier molecular flexibility index (Phi) is 5.52. The first-order valence-corrected chi connectivity index (χ1v) is 10.8. The van der Waals surface area contributed by atoms with Crippen molar-refractivity contribution in [1.29, 1.82) is 0 Å². The molecule has 2 aliphatic rings. The van der Waals surface area contributed by atoms with Gasteiger partial charge in [0, 0.05) is 49.7 Å². The lowest BCUT2D eigenvalue weighted by atomic mass is 10.0. The molecule has 2 aromatic carbocycles. The maximum absolute atomic E-state index is 13.5. The number of anilines is 3. The van der Waals surface area contributed by atoms with E-state index >= 15 is 0 Å². The highest BCUT2D eigenvalue weighted by atomic mass is 19.1. The molecule has 0 radical (unpaired) electrons. The zero-order chi connectivity index (χ0) is 22.2. The van der Waals surface area contributed by atoms with Gasteiger partial charge in [-0.1, -0.05) is 0 Å². The molecule has 2 fully saturated rings. The summed E-state index contributed by atoms with van der Waals surface area (Å²) in [5, 5.41) is 7.61. The van der Waals surface area contributed by atoms with E-state index in [0.29, 0.717) is 12.0 Å². The summed E-state index contributed by atoms with van der Waals surface area (Å²) in [5.41, 5.74) is 4.63. The molecule has 9 heteroatoms. The third-order valence-electron chi connectivity index (χ3n) is 6.29. The van der Waals surface area contributed by atoms with Gasteiger partial charge in [0.25, 0.3) is 0 Å². The van der Waals surface area contributed by atoms with Crippen LogP contribution in [0.15, 0.2) is 36.7 Å². The minimum absolute atomic E-state index is 0.277. The van der Waals surface area contributed by atoms with E-state index in [4.69, 9.17) is 4.74 Å². The summed E-state index contributed by atoms with van der Waals surface area (Å²) < 4.78 is 33.9. The first kappa shape index (κ1) is 20.8. The Morgan fingerprint density at radius 3 is 2.41 bits per heavy atom. The van der Waals surface area contributed by atoms with Crippen molar-refractivity contribution in [2.45, 2.75) is 19.9 Å². The molecule has 5 rings (SSSR count). The Labute approximate surface area is 185 Å². The predicted molar refractivity (Wildman–Crippen MR) is 119 cm³/mol. The molecule has 32 heavy (non-hydrogen) atoms. The molecule has 3 aromatic rings. The van der Waals surface area contributed by atoms with Crippen LogP contribution in [0.25, 0.3) is 5.69 Å². The molecule has 2 saturated heterocycles. The van der Waals surface area contributed by atoms with Crippen molar-refractivity contribution in [2.24, 2.45) is 0 Å². The van der Waals surface area contributed by atoms with E-state index in [1.54, 1.807) is 0 Å². The second-order valence-electron chi connectivity index (χ2n) is 8.41. The Morgan fingerprint density at radius 1 is 0.969 bits per heavy atom. The average Bonchev–Trinajstić information content (AvgIpc) is 3.19. The summed E-state index contributed by atoms with van der Waals surface area (Å²) in [6.07, 6.45) is 1.44. The van der Waals surface area contributed by atoms with Crippen LogP contribution in [-0.4, -0.2) is 65.1 Å². The molecule has 0 aliphatic carbocycles. The maximum atomic E-state index is 13.5. The number of nitrogens with one attached hydrogen (secondary N) is 1. The highest BCUT2D eigenvalue weighted by molar-refractivity contribution is 5.69. The molecule has 7 nitrogen and oxygen atoms in total. The molecule has 0 amide bonds. The van der Waals surface area contributed by atoms with Crippen molar-refractivity contribution in [1.82, 2.24) is 19.7 Å². The van der Waals surface area contributed by atoms with Crippen LogP contribution in [0.4, 0.5) is 26.1 Å². The summed E-state index contributed by atoms with van der Waals surface area (Å²) in [6.45, 7) is 9.77. The van der Waals surface area contributed by atoms with Gasteiger partial charge in [-0.15, -0.1) is 5.10 Å². The van der Waals surface area contributed by atoms with Crippen molar-refractivity contribution in [3.63, 3.8) is 0 Å². The van der Waals surface area contributed by atoms with Crippen LogP contribution in [0, 0.1) is 25.5 Å². The van der Waals surface area contributed by atoms with Crippen LogP contribution in [0.1, 0.15) is 11.1 Å². The number of aryl methyl sites for hydroxylation is 1. The van der Waals surface area contributed by atoms with Gasteiger partial charge < -0.3 is 15.0 Å². The Balaban J connectivity index is 1.31. The van der Waals surface area contributed by atoms with Gasteiger partial charge in [0.2, 0.25) is 5.95 Å². The minimum atomic E-state index is -0.658. The lowest BCUT2D eigenvalue weighted by Gasteiger charge is -2.48. The molecule has 0 unspecified atom stereocenters. The molecular formula is C23H26F2N6O. The van der Waals surface area contributed by atoms with E-state index in [9.17, 15) is 8.78 Å². The van der Waals surface area contributed by atoms with E-state index in [0.717, 1.165) is 62.4 Å². The van der Waals surface area contributed by atoms with Crippen molar-refractivity contribution in [2.75, 3.05) is 49.6 Å². The molecule has 168 valence electrons. The number of benzene rings is 2. The zero-order valence-corrected chi connectivity index (χ0v) is 18.2. The number of morpholine rings is 1. The molecule has 0 atom stereocenters. The first-order chi connectivity index (χ1) is 15.5. The van der Waals surface area contributed by atoms with Gasteiger partial charge in [-0.05, 0) is 49.2 Å². The highest BCUT2D eigenvalue weighted by Crippen LogP contribution is 2.32. The van der Waals surface area contributed by atoms with Crippen molar-refractivity contribution in [3.05, 3.63) is 59.4 Å². The average molecular weight is 440 g/mol. The summed E-state index contributed by atoms with van der Waals surface area (Å²) in [4.78, 5) is 9.14. The van der Waals surface area contributed by atoms with Crippen LogP contribution in [0.3, 0.4) is 0 Å². The van der Waals surface area contributed by atoms with E-state index in [2.05, 4.69) is 44.3 Å². The predicted octanol–water partition coefficient (Wildman–Crippen LogP) is 3.43. The van der Waals surface area contributed by atoms with Gasteiger partial charge in [0.05, 0.1) is 18.9 Å². The maximum Gasteiger partial charge on any atom is 0.246 e. The van der Waals surface area contributed by atoms with Gasteiger partial charge >= 0.3 is 0 Å². The van der Waals surface area contributed by atoms with Gasteiger partial charge in [-0.2, -0.15) is 4.98 Å². The summed E-state index contributed by atoms with van der Waals surface area (Å²) in [6, 6.07) is 8.15. The summed E-state index contributed by atoms with van der Waals surface area (Å²) in [5.74, 6) is -0.952. The van der Waals surface area contributed by atoms with Crippen LogP contribution in [0.2, 0.25) is 0 Å². The van der Waals surface area contributed by atoms with Crippen LogP contribution >= 0.6 is 0 Å². The van der Waals surface area contributed by atoms with E-state index in [-0.39, 0.29) is 5.69 Å². The van der Waals surface area contributed by atoms with Gasteiger partial charge in [0.15, 0.2) is 0 Å². The first-order valence-electron chi connectivity index (χ1n) is 10.8. The molecule has 2 aliphatic heterocycles. The number of halogens is 2. The number of hydrogen-bond acceptors (Lipinski definition) is 6. The Bertz CT molecular complexity index is 1100. The lowest BCUT2D eigenvalue weighted by molar-refractivity contribution is 0.0105. The Hall–Kier alpha value is -3.04. The largest absolute Gasteiger partial charge is 0.379 e. The molecule has 0 saturated carbocycles. The highest BCUT2D eigenvalue weighted by Gasteiger charge is 2.33. The third-order valence-corrected chi connectivity index (χ3v) is 6.29. The van der Waals surface area contributed by atoms with Crippen molar-refractivity contribution < 1.29 is 13.5 Å². The van der Waals surface area contributed by atoms with Crippen molar-refractivity contribution >= 4 is 17.3 Å².